The van der Waals surface area contributed by atoms with E-state index in [4.69, 9.17) is 9.84 Å². The minimum Gasteiger partial charge on any atom is -0.478 e. The minimum atomic E-state index is -1.01. The summed E-state index contributed by atoms with van der Waals surface area (Å²) >= 11 is 0. The zero-order valence-electron chi connectivity index (χ0n) is 13.9. The lowest BCUT2D eigenvalue weighted by atomic mass is 10.2. The monoisotopic (exact) mass is 342 g/mol. The zero-order valence-corrected chi connectivity index (χ0v) is 13.9. The second kappa shape index (κ2) is 7.91. The number of aliphatic imine (C=N–C) groups is 1. The number of allylic oxidation sites excluding steroid dienone is 2. The molecule has 0 fully saturated rings. The van der Waals surface area contributed by atoms with Crippen LogP contribution in [0.5, 0.6) is 0 Å². The second-order valence-electron chi connectivity index (χ2n) is 5.02. The van der Waals surface area contributed by atoms with E-state index >= 15 is 0 Å². The average molecular weight is 342 g/mol. The van der Waals surface area contributed by atoms with Crippen LogP contribution in [0.2, 0.25) is 0 Å². The predicted molar refractivity (Wildman–Crippen MR) is 93.5 cm³/mol. The van der Waals surface area contributed by atoms with Gasteiger partial charge in [-0.05, 0) is 38.1 Å². The molecule has 0 saturated carbocycles. The average Bonchev–Trinajstić information content (AvgIpc) is 2.55. The normalized spacial score (nSPS) is 15.9. The van der Waals surface area contributed by atoms with E-state index in [0.717, 1.165) is 0 Å². The van der Waals surface area contributed by atoms with E-state index < -0.39 is 11.9 Å². The molecule has 2 N–H and O–H groups in total. The lowest BCUT2D eigenvalue weighted by molar-refractivity contribution is -0.137. The van der Waals surface area contributed by atoms with E-state index in [-0.39, 0.29) is 12.2 Å². The number of carboxylic acids is 1. The SMILES string of the molecule is C=C1C=NNC(=Nc2ccc(C(=O)O)cc2)N1/C(C)=C/C(=O)OCC. The molecule has 0 aliphatic carbocycles. The summed E-state index contributed by atoms with van der Waals surface area (Å²) in [7, 11) is 0. The molecule has 0 bridgehead atoms. The maximum absolute atomic E-state index is 11.7. The van der Waals surface area contributed by atoms with Crippen molar-refractivity contribution in [3.63, 3.8) is 0 Å². The molecule has 1 aliphatic rings. The number of benzene rings is 1. The van der Waals surface area contributed by atoms with Crippen LogP contribution in [0.1, 0.15) is 24.2 Å². The summed E-state index contributed by atoms with van der Waals surface area (Å²) in [6.07, 6.45) is 2.83. The number of nitrogens with zero attached hydrogens (tertiary/aromatic N) is 3. The quantitative estimate of drug-likeness (QED) is 0.628. The molecule has 0 aromatic heterocycles. The van der Waals surface area contributed by atoms with Gasteiger partial charge in [-0.3, -0.25) is 4.90 Å². The van der Waals surface area contributed by atoms with Gasteiger partial charge >= 0.3 is 11.9 Å². The molecule has 1 aliphatic heterocycles. The molecule has 2 rings (SSSR count). The van der Waals surface area contributed by atoms with Crippen molar-refractivity contribution >= 4 is 29.8 Å². The van der Waals surface area contributed by atoms with Gasteiger partial charge < -0.3 is 9.84 Å². The number of rotatable bonds is 5. The fourth-order valence-electron chi connectivity index (χ4n) is 2.10. The number of hydrazone groups is 1. The summed E-state index contributed by atoms with van der Waals surface area (Å²) in [6, 6.07) is 6.05. The molecule has 1 aromatic rings. The first-order valence-corrected chi connectivity index (χ1v) is 7.47. The number of ether oxygens (including phenoxy) is 1. The van der Waals surface area contributed by atoms with Crippen molar-refractivity contribution in [1.29, 1.82) is 0 Å². The molecular weight excluding hydrogens is 324 g/mol. The topological polar surface area (TPSA) is 104 Å². The summed E-state index contributed by atoms with van der Waals surface area (Å²) in [5.41, 5.74) is 4.49. The van der Waals surface area contributed by atoms with E-state index in [1.54, 1.807) is 30.9 Å². The van der Waals surface area contributed by atoms with Gasteiger partial charge in [0, 0.05) is 11.8 Å². The van der Waals surface area contributed by atoms with Crippen LogP contribution in [-0.2, 0) is 9.53 Å². The highest BCUT2D eigenvalue weighted by Crippen LogP contribution is 2.19. The van der Waals surface area contributed by atoms with E-state index in [1.807, 2.05) is 0 Å². The van der Waals surface area contributed by atoms with Crippen molar-refractivity contribution in [2.24, 2.45) is 10.1 Å². The van der Waals surface area contributed by atoms with Gasteiger partial charge in [-0.15, -0.1) is 0 Å². The summed E-state index contributed by atoms with van der Waals surface area (Å²) < 4.78 is 4.91. The Balaban J connectivity index is 2.33. The number of carbonyl (C=O) groups excluding carboxylic acids is 1. The van der Waals surface area contributed by atoms with Crippen LogP contribution in [0.15, 0.2) is 58.4 Å². The number of carbonyl (C=O) groups is 2. The van der Waals surface area contributed by atoms with Crippen LogP contribution in [0.4, 0.5) is 5.69 Å². The first-order chi connectivity index (χ1) is 11.9. The Kier molecular flexibility index (Phi) is 5.67. The Morgan fingerprint density at radius 1 is 1.40 bits per heavy atom. The lowest BCUT2D eigenvalue weighted by Crippen LogP contribution is -2.41. The molecule has 0 atom stereocenters. The van der Waals surface area contributed by atoms with Crippen molar-refractivity contribution < 1.29 is 19.4 Å². The summed E-state index contributed by atoms with van der Waals surface area (Å²) in [5, 5.41) is 12.9. The summed E-state index contributed by atoms with van der Waals surface area (Å²) in [6.45, 7) is 7.60. The van der Waals surface area contributed by atoms with Crippen molar-refractivity contribution in [3.05, 3.63) is 53.9 Å². The van der Waals surface area contributed by atoms with E-state index in [9.17, 15) is 9.59 Å². The predicted octanol–water partition coefficient (Wildman–Crippen LogP) is 2.24. The molecule has 0 amide bonds. The number of hydrogen-bond acceptors (Lipinski definition) is 5. The van der Waals surface area contributed by atoms with Crippen molar-refractivity contribution in [3.8, 4) is 0 Å². The van der Waals surface area contributed by atoms with Crippen molar-refractivity contribution in [2.75, 3.05) is 6.61 Å². The van der Waals surface area contributed by atoms with Crippen LogP contribution in [0.3, 0.4) is 0 Å². The first kappa shape index (κ1) is 17.9. The summed E-state index contributed by atoms with van der Waals surface area (Å²) in [4.78, 5) is 28.6. The van der Waals surface area contributed by atoms with Crippen LogP contribution in [0.25, 0.3) is 0 Å². The Morgan fingerprint density at radius 2 is 2.08 bits per heavy atom. The largest absolute Gasteiger partial charge is 0.478 e. The smallest absolute Gasteiger partial charge is 0.335 e. The van der Waals surface area contributed by atoms with Crippen LogP contribution >= 0.6 is 0 Å². The molecule has 0 saturated heterocycles. The van der Waals surface area contributed by atoms with Gasteiger partial charge in [0.25, 0.3) is 0 Å². The van der Waals surface area contributed by atoms with Gasteiger partial charge in [0.15, 0.2) is 0 Å². The van der Waals surface area contributed by atoms with Gasteiger partial charge in [0.2, 0.25) is 5.96 Å². The summed E-state index contributed by atoms with van der Waals surface area (Å²) in [5.74, 6) is -1.16. The Morgan fingerprint density at radius 3 is 2.68 bits per heavy atom. The van der Waals surface area contributed by atoms with Crippen LogP contribution in [-0.4, -0.2) is 40.7 Å². The molecule has 0 unspecified atom stereocenters. The van der Waals surface area contributed by atoms with Crippen LogP contribution in [0, 0.1) is 0 Å². The fourth-order valence-corrected chi connectivity index (χ4v) is 2.10. The molecular formula is C17H18N4O4. The fraction of sp³-hybridized carbons (Fsp3) is 0.176. The minimum absolute atomic E-state index is 0.165. The maximum Gasteiger partial charge on any atom is 0.335 e. The van der Waals surface area contributed by atoms with Crippen molar-refractivity contribution in [2.45, 2.75) is 13.8 Å². The zero-order chi connectivity index (χ0) is 18.4. The molecule has 25 heavy (non-hydrogen) atoms. The molecule has 8 heteroatoms. The number of aromatic carboxylic acids is 1. The van der Waals surface area contributed by atoms with E-state index in [1.165, 1.54) is 24.4 Å². The van der Waals surface area contributed by atoms with Crippen LogP contribution < -0.4 is 5.43 Å². The van der Waals surface area contributed by atoms with Gasteiger partial charge in [0.1, 0.15) is 0 Å². The first-order valence-electron chi connectivity index (χ1n) is 7.47. The standard InChI is InChI=1S/C17H18N4O4/c1-4-25-15(22)9-11(2)21-12(3)10-18-20-17(21)19-14-7-5-13(6-8-14)16(23)24/h5-10H,3-4H2,1-2H3,(H,19,20)(H,23,24)/b11-9+. The molecule has 1 heterocycles. The molecule has 0 spiro atoms. The molecule has 8 nitrogen and oxygen atoms in total. The highest BCUT2D eigenvalue weighted by molar-refractivity contribution is 5.96. The number of esters is 1. The third kappa shape index (κ3) is 4.54. The third-order valence-corrected chi connectivity index (χ3v) is 3.19. The number of nitrogens with one attached hydrogen (secondary N) is 1. The Hall–Kier alpha value is -3.42. The second-order valence-corrected chi connectivity index (χ2v) is 5.02. The molecule has 130 valence electrons. The third-order valence-electron chi connectivity index (χ3n) is 3.19. The van der Waals surface area contributed by atoms with E-state index in [0.29, 0.717) is 23.0 Å². The maximum atomic E-state index is 11.7. The molecule has 0 radical (unpaired) electrons. The van der Waals surface area contributed by atoms with Gasteiger partial charge in [-0.2, -0.15) is 5.10 Å². The van der Waals surface area contributed by atoms with Gasteiger partial charge in [0.05, 0.1) is 29.8 Å². The highest BCUT2D eigenvalue weighted by Gasteiger charge is 2.20. The Labute approximate surface area is 144 Å². The van der Waals surface area contributed by atoms with Crippen molar-refractivity contribution in [1.82, 2.24) is 10.3 Å². The lowest BCUT2D eigenvalue weighted by Gasteiger charge is -2.28. The highest BCUT2D eigenvalue weighted by atomic mass is 16.5. The van der Waals surface area contributed by atoms with Gasteiger partial charge in [-0.25, -0.2) is 20.0 Å². The number of guanidine groups is 1. The Bertz CT molecular complexity index is 778. The molecule has 1 aromatic carbocycles. The number of hydrogen-bond donors (Lipinski definition) is 2. The number of carboxylic acid groups (broad SMARTS) is 1. The van der Waals surface area contributed by atoms with Gasteiger partial charge in [-0.1, -0.05) is 6.58 Å². The van der Waals surface area contributed by atoms with E-state index in [2.05, 4.69) is 22.1 Å².